The molecule has 0 radical (unpaired) electrons. The molecule has 0 saturated carbocycles. The summed E-state index contributed by atoms with van der Waals surface area (Å²) < 4.78 is 31.1. The molecule has 194 valence electrons. The number of fused-ring (bicyclic) bond motifs is 2. The lowest BCUT2D eigenvalue weighted by Crippen LogP contribution is -2.29. The summed E-state index contributed by atoms with van der Waals surface area (Å²) in [6, 6.07) is 17.1. The molecule has 1 N–H and O–H groups in total. The molecule has 0 saturated heterocycles. The molecule has 1 heterocycles. The summed E-state index contributed by atoms with van der Waals surface area (Å²) in [6.45, 7) is 4.22. The topological polar surface area (TPSA) is 73.9 Å². The second kappa shape index (κ2) is 10.5. The van der Waals surface area contributed by atoms with Crippen molar-refractivity contribution in [3.05, 3.63) is 110 Å². The van der Waals surface area contributed by atoms with E-state index in [2.05, 4.69) is 21.2 Å². The molecule has 0 fully saturated rings. The number of rotatable bonds is 7. The Morgan fingerprint density at radius 3 is 2.45 bits per heavy atom. The van der Waals surface area contributed by atoms with Gasteiger partial charge in [-0.3, -0.25) is 4.79 Å². The van der Waals surface area contributed by atoms with E-state index in [1.165, 1.54) is 19.2 Å². The molecule has 3 aromatic rings. The van der Waals surface area contributed by atoms with E-state index in [0.29, 0.717) is 56.2 Å². The molecular weight excluding hydrogens is 553 g/mol. The van der Waals surface area contributed by atoms with Gasteiger partial charge in [0.05, 0.1) is 29.5 Å². The third-order valence-electron chi connectivity index (χ3n) is 6.62. The van der Waals surface area contributed by atoms with E-state index in [0.717, 1.165) is 11.1 Å². The quantitative estimate of drug-likeness (QED) is 0.332. The first-order chi connectivity index (χ1) is 18.3. The van der Waals surface area contributed by atoms with E-state index >= 15 is 0 Å². The number of ether oxygens (including phenoxy) is 3. The van der Waals surface area contributed by atoms with Gasteiger partial charge in [-0.2, -0.15) is 0 Å². The van der Waals surface area contributed by atoms with Crippen molar-refractivity contribution in [3.8, 4) is 11.5 Å². The molecule has 1 aliphatic carbocycles. The predicted octanol–water partition coefficient (Wildman–Crippen LogP) is 6.31. The molecule has 1 atom stereocenters. The molecule has 3 aromatic carbocycles. The van der Waals surface area contributed by atoms with Crippen molar-refractivity contribution in [2.75, 3.05) is 13.7 Å². The number of benzene rings is 3. The maximum Gasteiger partial charge on any atom is 0.336 e. The summed E-state index contributed by atoms with van der Waals surface area (Å²) in [5.74, 6) is -0.777. The standard InChI is InChI=1S/C30H25BrFNO5/c1-4-37-23-14-18(13-22(31)29(23)38-15-17-9-11-19(32)12-10-17)25-24(30(35)36-3)16(2)33-27-20-7-5-6-8-21(20)28(34)26(25)27/h5-14,25,33H,4,15H2,1-3H3/t25-/m0/s1. The third-order valence-corrected chi connectivity index (χ3v) is 7.20. The SMILES string of the molecule is CCOc1cc([C@H]2C(C(=O)OC)=C(C)NC3=C2C(=O)c2ccccc23)cc(Br)c1OCc1ccc(F)cc1. The predicted molar refractivity (Wildman–Crippen MR) is 144 cm³/mol. The maximum atomic E-state index is 13.7. The first kappa shape index (κ1) is 25.7. The van der Waals surface area contributed by atoms with Gasteiger partial charge in [-0.1, -0.05) is 36.4 Å². The van der Waals surface area contributed by atoms with E-state index in [-0.39, 0.29) is 18.2 Å². The van der Waals surface area contributed by atoms with Crippen molar-refractivity contribution in [1.82, 2.24) is 5.32 Å². The van der Waals surface area contributed by atoms with E-state index < -0.39 is 11.9 Å². The van der Waals surface area contributed by atoms with Crippen molar-refractivity contribution in [2.45, 2.75) is 26.4 Å². The van der Waals surface area contributed by atoms with Crippen LogP contribution < -0.4 is 14.8 Å². The fourth-order valence-corrected chi connectivity index (χ4v) is 5.51. The third kappa shape index (κ3) is 4.49. The van der Waals surface area contributed by atoms with Crippen LogP contribution in [0.5, 0.6) is 11.5 Å². The van der Waals surface area contributed by atoms with E-state index in [4.69, 9.17) is 14.2 Å². The van der Waals surface area contributed by atoms with Crippen LogP contribution in [0.1, 0.15) is 46.8 Å². The van der Waals surface area contributed by atoms with Gasteiger partial charge in [0.1, 0.15) is 12.4 Å². The van der Waals surface area contributed by atoms with Gasteiger partial charge in [0.2, 0.25) is 0 Å². The Bertz CT molecular complexity index is 1510. The molecule has 5 rings (SSSR count). The van der Waals surface area contributed by atoms with E-state index in [9.17, 15) is 14.0 Å². The Hall–Kier alpha value is -3.91. The Morgan fingerprint density at radius 1 is 1.05 bits per heavy atom. The highest BCUT2D eigenvalue weighted by Crippen LogP contribution is 2.49. The number of hydrogen-bond donors (Lipinski definition) is 1. The molecule has 1 aliphatic heterocycles. The average molecular weight is 578 g/mol. The van der Waals surface area contributed by atoms with Crippen LogP contribution in [0.4, 0.5) is 4.39 Å². The molecular formula is C30H25BrFNO5. The summed E-state index contributed by atoms with van der Waals surface area (Å²) in [7, 11) is 1.32. The van der Waals surface area contributed by atoms with Gasteiger partial charge >= 0.3 is 5.97 Å². The number of nitrogens with one attached hydrogen (secondary N) is 1. The molecule has 0 bridgehead atoms. The second-order valence-corrected chi connectivity index (χ2v) is 9.78. The monoisotopic (exact) mass is 577 g/mol. The fraction of sp³-hybridized carbons (Fsp3) is 0.200. The van der Waals surface area contributed by atoms with Crippen molar-refractivity contribution < 1.29 is 28.2 Å². The number of carbonyl (C=O) groups excluding carboxylic acids is 2. The summed E-state index contributed by atoms with van der Waals surface area (Å²) in [4.78, 5) is 26.7. The van der Waals surface area contributed by atoms with Crippen LogP contribution in [-0.2, 0) is 16.1 Å². The first-order valence-corrected chi connectivity index (χ1v) is 12.9. The number of halogens is 2. The van der Waals surface area contributed by atoms with Gasteiger partial charge in [-0.15, -0.1) is 0 Å². The molecule has 0 spiro atoms. The number of carbonyl (C=O) groups is 2. The minimum absolute atomic E-state index is 0.146. The molecule has 38 heavy (non-hydrogen) atoms. The molecule has 8 heteroatoms. The fourth-order valence-electron chi connectivity index (χ4n) is 4.94. The van der Waals surface area contributed by atoms with Crippen LogP contribution in [0, 0.1) is 5.82 Å². The Morgan fingerprint density at radius 2 is 1.76 bits per heavy atom. The lowest BCUT2D eigenvalue weighted by Gasteiger charge is -2.29. The molecule has 2 aliphatic rings. The summed E-state index contributed by atoms with van der Waals surface area (Å²) in [5, 5.41) is 3.28. The van der Waals surface area contributed by atoms with Crippen molar-refractivity contribution in [3.63, 3.8) is 0 Å². The summed E-state index contributed by atoms with van der Waals surface area (Å²) in [6.07, 6.45) is 0. The zero-order valence-corrected chi connectivity index (χ0v) is 22.6. The zero-order valence-electron chi connectivity index (χ0n) is 21.1. The van der Waals surface area contributed by atoms with Gasteiger partial charge in [-0.05, 0) is 65.2 Å². The molecule has 0 aromatic heterocycles. The second-order valence-electron chi connectivity index (χ2n) is 8.93. The van der Waals surface area contributed by atoms with Crippen LogP contribution in [-0.4, -0.2) is 25.5 Å². The lowest BCUT2D eigenvalue weighted by atomic mass is 9.79. The van der Waals surface area contributed by atoms with Crippen molar-refractivity contribution in [1.29, 1.82) is 0 Å². The largest absolute Gasteiger partial charge is 0.490 e. The van der Waals surface area contributed by atoms with E-state index in [1.807, 2.05) is 31.2 Å². The van der Waals surface area contributed by atoms with Crippen LogP contribution in [0.25, 0.3) is 5.70 Å². The number of methoxy groups -OCH3 is 1. The maximum absolute atomic E-state index is 13.7. The lowest BCUT2D eigenvalue weighted by molar-refractivity contribution is -0.136. The van der Waals surface area contributed by atoms with Crippen molar-refractivity contribution >= 4 is 33.4 Å². The summed E-state index contributed by atoms with van der Waals surface area (Å²) in [5.41, 5.74) is 4.96. The van der Waals surface area contributed by atoms with Gasteiger partial charge in [0.25, 0.3) is 0 Å². The average Bonchev–Trinajstić information content (AvgIpc) is 3.19. The Labute approximate surface area is 228 Å². The van der Waals surface area contributed by atoms with Gasteiger partial charge < -0.3 is 19.5 Å². The molecule has 0 unspecified atom stereocenters. The number of hydrogen-bond acceptors (Lipinski definition) is 6. The number of dihydropyridines is 1. The number of Topliss-reactive ketones (excluding diaryl/α,β-unsaturated/α-hetero) is 1. The van der Waals surface area contributed by atoms with Gasteiger partial charge in [-0.25, -0.2) is 9.18 Å². The number of allylic oxidation sites excluding steroid dienone is 2. The molecule has 0 amide bonds. The van der Waals surface area contributed by atoms with Crippen LogP contribution in [0.2, 0.25) is 0 Å². The highest BCUT2D eigenvalue weighted by atomic mass is 79.9. The number of ketones is 1. The molecule has 6 nitrogen and oxygen atoms in total. The summed E-state index contributed by atoms with van der Waals surface area (Å²) >= 11 is 3.61. The van der Waals surface area contributed by atoms with Crippen LogP contribution >= 0.6 is 15.9 Å². The normalized spacial score (nSPS) is 16.1. The number of esters is 1. The zero-order chi connectivity index (χ0) is 27.0. The van der Waals surface area contributed by atoms with E-state index in [1.54, 1.807) is 31.2 Å². The minimum atomic E-state index is -0.694. The van der Waals surface area contributed by atoms with Crippen molar-refractivity contribution in [2.24, 2.45) is 0 Å². The Kier molecular flexibility index (Phi) is 7.08. The highest BCUT2D eigenvalue weighted by Gasteiger charge is 2.43. The van der Waals surface area contributed by atoms with Gasteiger partial charge in [0, 0.05) is 28.3 Å². The smallest absolute Gasteiger partial charge is 0.336 e. The van der Waals surface area contributed by atoms with Crippen LogP contribution in [0.3, 0.4) is 0 Å². The minimum Gasteiger partial charge on any atom is -0.490 e. The van der Waals surface area contributed by atoms with Gasteiger partial charge in [0.15, 0.2) is 17.3 Å². The highest BCUT2D eigenvalue weighted by molar-refractivity contribution is 9.10. The Balaban J connectivity index is 1.61. The van der Waals surface area contributed by atoms with Crippen LogP contribution in [0.15, 0.2) is 82.0 Å². The first-order valence-electron chi connectivity index (χ1n) is 12.1.